The number of para-hydroxylation sites is 1. The van der Waals surface area contributed by atoms with Gasteiger partial charge < -0.3 is 14.4 Å². The lowest BCUT2D eigenvalue weighted by molar-refractivity contribution is -0.144. The van der Waals surface area contributed by atoms with Crippen LogP contribution < -0.4 is 14.4 Å². The second kappa shape index (κ2) is 8.82. The molecule has 0 unspecified atom stereocenters. The van der Waals surface area contributed by atoms with E-state index in [0.717, 1.165) is 17.7 Å². The van der Waals surface area contributed by atoms with Gasteiger partial charge in [-0.25, -0.2) is 9.97 Å². The Hall–Kier alpha value is -3.07. The van der Waals surface area contributed by atoms with E-state index < -0.39 is 12.0 Å². The molecule has 4 rings (SSSR count). The quantitative estimate of drug-likeness (QED) is 0.583. The Morgan fingerprint density at radius 1 is 0.938 bits per heavy atom. The molecule has 0 amide bonds. The summed E-state index contributed by atoms with van der Waals surface area (Å²) in [5.41, 5.74) is 2.53. The van der Waals surface area contributed by atoms with Crippen molar-refractivity contribution in [3.63, 3.8) is 0 Å². The van der Waals surface area contributed by atoms with E-state index in [4.69, 9.17) is 9.47 Å². The van der Waals surface area contributed by atoms with Crippen molar-refractivity contribution in [2.24, 2.45) is 0 Å². The molecule has 1 aliphatic heterocycles. The van der Waals surface area contributed by atoms with Crippen LogP contribution in [0.2, 0.25) is 0 Å². The molecule has 0 atom stereocenters. The van der Waals surface area contributed by atoms with E-state index in [0.29, 0.717) is 54.4 Å². The summed E-state index contributed by atoms with van der Waals surface area (Å²) in [5.74, 6) is 0.605. The minimum atomic E-state index is -4.59. The van der Waals surface area contributed by atoms with E-state index in [2.05, 4.69) is 14.9 Å². The second-order valence-corrected chi connectivity index (χ2v) is 7.78. The number of ether oxygens (including phenoxy) is 2. The third kappa shape index (κ3) is 4.43. The standard InChI is InChI=1S/C23H25F3N4O2/c1-15-12-19(31-2)20(32-3)13-16(15)14-29-8-10-30(11-9-29)21-17-6-4-5-7-18(17)27-22(28-21)23(24,25)26/h4-7,12-13H,8-11,14H2,1-3H3. The van der Waals surface area contributed by atoms with Crippen LogP contribution in [0.3, 0.4) is 0 Å². The molecular weight excluding hydrogens is 421 g/mol. The van der Waals surface area contributed by atoms with E-state index in [9.17, 15) is 13.2 Å². The fraction of sp³-hybridized carbons (Fsp3) is 0.391. The van der Waals surface area contributed by atoms with Gasteiger partial charge in [-0.2, -0.15) is 13.2 Å². The van der Waals surface area contributed by atoms with Gasteiger partial charge in [0.25, 0.3) is 0 Å². The van der Waals surface area contributed by atoms with Crippen LogP contribution in [-0.4, -0.2) is 55.3 Å². The Bertz CT molecular complexity index is 1110. The molecule has 2 heterocycles. The van der Waals surface area contributed by atoms with Crippen LogP contribution in [0.15, 0.2) is 36.4 Å². The summed E-state index contributed by atoms with van der Waals surface area (Å²) in [6, 6.07) is 10.8. The van der Waals surface area contributed by atoms with Crippen LogP contribution in [0.1, 0.15) is 17.0 Å². The van der Waals surface area contributed by atoms with Crippen molar-refractivity contribution in [1.82, 2.24) is 14.9 Å². The zero-order chi connectivity index (χ0) is 22.9. The zero-order valence-electron chi connectivity index (χ0n) is 18.2. The number of fused-ring (bicyclic) bond motifs is 1. The molecule has 0 aliphatic carbocycles. The van der Waals surface area contributed by atoms with E-state index in [1.54, 1.807) is 38.5 Å². The number of hydrogen-bond acceptors (Lipinski definition) is 6. The minimum absolute atomic E-state index is 0.299. The van der Waals surface area contributed by atoms with Crippen LogP contribution in [0.4, 0.5) is 19.0 Å². The van der Waals surface area contributed by atoms with Gasteiger partial charge in [0.15, 0.2) is 11.5 Å². The molecule has 0 bridgehead atoms. The topological polar surface area (TPSA) is 50.7 Å². The van der Waals surface area contributed by atoms with Gasteiger partial charge in [0.2, 0.25) is 5.82 Å². The predicted molar refractivity (Wildman–Crippen MR) is 116 cm³/mol. The van der Waals surface area contributed by atoms with Crippen molar-refractivity contribution < 1.29 is 22.6 Å². The molecule has 0 spiro atoms. The summed E-state index contributed by atoms with van der Waals surface area (Å²) in [6.45, 7) is 5.30. The first kappa shape index (κ1) is 22.1. The van der Waals surface area contributed by atoms with E-state index in [1.807, 2.05) is 24.0 Å². The number of anilines is 1. The molecule has 32 heavy (non-hydrogen) atoms. The maximum atomic E-state index is 13.4. The smallest absolute Gasteiger partial charge is 0.451 e. The molecule has 0 saturated carbocycles. The number of hydrogen-bond donors (Lipinski definition) is 0. The van der Waals surface area contributed by atoms with Crippen LogP contribution in [0.5, 0.6) is 11.5 Å². The molecule has 0 N–H and O–H groups in total. The van der Waals surface area contributed by atoms with E-state index >= 15 is 0 Å². The number of benzene rings is 2. The number of alkyl halides is 3. The summed E-state index contributed by atoms with van der Waals surface area (Å²) in [6.07, 6.45) is -4.59. The van der Waals surface area contributed by atoms with Crippen molar-refractivity contribution in [3.8, 4) is 11.5 Å². The Morgan fingerprint density at radius 2 is 1.59 bits per heavy atom. The predicted octanol–water partition coefficient (Wildman–Crippen LogP) is 4.30. The lowest BCUT2D eigenvalue weighted by Gasteiger charge is -2.36. The fourth-order valence-corrected chi connectivity index (χ4v) is 3.98. The molecule has 6 nitrogen and oxygen atoms in total. The van der Waals surface area contributed by atoms with Gasteiger partial charge in [0.05, 0.1) is 19.7 Å². The molecule has 0 radical (unpaired) electrons. The number of rotatable bonds is 5. The SMILES string of the molecule is COc1cc(C)c(CN2CCN(c3nc(C(F)(F)F)nc4ccccc34)CC2)cc1OC. The summed E-state index contributed by atoms with van der Waals surface area (Å²) in [5, 5.41) is 0.629. The molecule has 170 valence electrons. The number of halogens is 3. The zero-order valence-corrected chi connectivity index (χ0v) is 18.2. The number of nitrogens with zero attached hydrogens (tertiary/aromatic N) is 4. The lowest BCUT2D eigenvalue weighted by Crippen LogP contribution is -2.46. The molecule has 1 fully saturated rings. The maximum Gasteiger partial charge on any atom is 0.451 e. The minimum Gasteiger partial charge on any atom is -0.493 e. The number of piperazine rings is 1. The largest absolute Gasteiger partial charge is 0.493 e. The number of aromatic nitrogens is 2. The maximum absolute atomic E-state index is 13.4. The average molecular weight is 446 g/mol. The highest BCUT2D eigenvalue weighted by atomic mass is 19.4. The Kier molecular flexibility index (Phi) is 6.10. The summed E-state index contributed by atoms with van der Waals surface area (Å²) >= 11 is 0. The monoisotopic (exact) mass is 446 g/mol. The average Bonchev–Trinajstić information content (AvgIpc) is 2.79. The first-order valence-electron chi connectivity index (χ1n) is 10.3. The molecule has 1 aliphatic rings. The van der Waals surface area contributed by atoms with E-state index in [-0.39, 0.29) is 0 Å². The van der Waals surface area contributed by atoms with Crippen molar-refractivity contribution >= 4 is 16.7 Å². The Labute approximate surface area is 184 Å². The van der Waals surface area contributed by atoms with Crippen molar-refractivity contribution in [2.45, 2.75) is 19.6 Å². The molecule has 2 aromatic carbocycles. The summed E-state index contributed by atoms with van der Waals surface area (Å²) < 4.78 is 50.8. The second-order valence-electron chi connectivity index (χ2n) is 7.78. The van der Waals surface area contributed by atoms with Gasteiger partial charge in [-0.15, -0.1) is 0 Å². The van der Waals surface area contributed by atoms with Crippen molar-refractivity contribution in [1.29, 1.82) is 0 Å². The normalized spacial score (nSPS) is 15.2. The highest BCUT2D eigenvalue weighted by molar-refractivity contribution is 5.89. The Morgan fingerprint density at radius 3 is 2.25 bits per heavy atom. The van der Waals surface area contributed by atoms with Gasteiger partial charge >= 0.3 is 6.18 Å². The van der Waals surface area contributed by atoms with Crippen molar-refractivity contribution in [3.05, 3.63) is 53.3 Å². The van der Waals surface area contributed by atoms with Gasteiger partial charge in [0, 0.05) is 38.1 Å². The molecule has 9 heteroatoms. The third-order valence-corrected chi connectivity index (χ3v) is 5.74. The van der Waals surface area contributed by atoms with Crippen molar-refractivity contribution in [2.75, 3.05) is 45.3 Å². The first-order valence-corrected chi connectivity index (χ1v) is 10.3. The van der Waals surface area contributed by atoms with Crippen LogP contribution in [-0.2, 0) is 12.7 Å². The molecule has 3 aromatic rings. The number of aryl methyl sites for hydroxylation is 1. The Balaban J connectivity index is 1.53. The highest BCUT2D eigenvalue weighted by Gasteiger charge is 2.36. The van der Waals surface area contributed by atoms with Crippen LogP contribution in [0.25, 0.3) is 10.9 Å². The first-order chi connectivity index (χ1) is 15.3. The van der Waals surface area contributed by atoms with Gasteiger partial charge in [-0.3, -0.25) is 4.90 Å². The molecule has 1 saturated heterocycles. The molecule has 1 aromatic heterocycles. The van der Waals surface area contributed by atoms with Crippen LogP contribution in [0, 0.1) is 6.92 Å². The fourth-order valence-electron chi connectivity index (χ4n) is 3.98. The van der Waals surface area contributed by atoms with E-state index in [1.165, 1.54) is 0 Å². The number of methoxy groups -OCH3 is 2. The van der Waals surface area contributed by atoms with Gasteiger partial charge in [-0.05, 0) is 42.3 Å². The third-order valence-electron chi connectivity index (χ3n) is 5.74. The van der Waals surface area contributed by atoms with Crippen LogP contribution >= 0.6 is 0 Å². The summed E-state index contributed by atoms with van der Waals surface area (Å²) in [4.78, 5) is 11.8. The lowest BCUT2D eigenvalue weighted by atomic mass is 10.1. The highest BCUT2D eigenvalue weighted by Crippen LogP contribution is 2.33. The molecular formula is C23H25F3N4O2. The van der Waals surface area contributed by atoms with Gasteiger partial charge in [-0.1, -0.05) is 12.1 Å². The van der Waals surface area contributed by atoms with Gasteiger partial charge in [0.1, 0.15) is 5.82 Å². The summed E-state index contributed by atoms with van der Waals surface area (Å²) in [7, 11) is 3.22.